The van der Waals surface area contributed by atoms with Gasteiger partial charge in [0.1, 0.15) is 6.07 Å². The summed E-state index contributed by atoms with van der Waals surface area (Å²) in [6.07, 6.45) is 2.87. The van der Waals surface area contributed by atoms with E-state index >= 15 is 0 Å². The second-order valence-electron chi connectivity index (χ2n) is 3.46. The molecule has 0 unspecified atom stereocenters. The van der Waals surface area contributed by atoms with Crippen LogP contribution in [0.4, 0.5) is 0 Å². The minimum atomic E-state index is -0.232. The van der Waals surface area contributed by atoms with E-state index in [2.05, 4.69) is 26.2 Å². The number of pyridine rings is 1. The molecule has 4 nitrogen and oxygen atoms in total. The van der Waals surface area contributed by atoms with Gasteiger partial charge in [-0.3, -0.25) is 9.78 Å². The zero-order chi connectivity index (χ0) is 13.0. The fourth-order valence-corrected chi connectivity index (χ4v) is 2.76. The Morgan fingerprint density at radius 3 is 3.00 bits per heavy atom. The zero-order valence-electron chi connectivity index (χ0n) is 9.18. The Morgan fingerprint density at radius 1 is 1.50 bits per heavy atom. The molecule has 0 saturated heterocycles. The van der Waals surface area contributed by atoms with Gasteiger partial charge in [-0.25, -0.2) is 0 Å². The van der Waals surface area contributed by atoms with Crippen molar-refractivity contribution >= 4 is 33.2 Å². The highest BCUT2D eigenvalue weighted by Crippen LogP contribution is 2.21. The van der Waals surface area contributed by atoms with Gasteiger partial charge in [0.2, 0.25) is 0 Å². The topological polar surface area (TPSA) is 65.8 Å². The number of amides is 1. The number of halogens is 1. The first-order valence-corrected chi connectivity index (χ1v) is 6.67. The van der Waals surface area contributed by atoms with E-state index in [4.69, 9.17) is 5.26 Å². The number of thiophene rings is 1. The molecule has 6 heteroatoms. The molecule has 2 aromatic heterocycles. The zero-order valence-corrected chi connectivity index (χ0v) is 11.6. The summed E-state index contributed by atoms with van der Waals surface area (Å²) in [4.78, 5) is 16.7. The summed E-state index contributed by atoms with van der Waals surface area (Å²) in [5, 5.41) is 11.5. The molecule has 1 N–H and O–H groups in total. The van der Waals surface area contributed by atoms with E-state index in [9.17, 15) is 4.79 Å². The monoisotopic (exact) mass is 321 g/mol. The van der Waals surface area contributed by atoms with Crippen LogP contribution in [0.15, 0.2) is 34.4 Å². The third kappa shape index (κ3) is 3.15. The lowest BCUT2D eigenvalue weighted by Gasteiger charge is -2.03. The molecule has 2 aromatic rings. The van der Waals surface area contributed by atoms with Gasteiger partial charge in [-0.15, -0.1) is 11.3 Å². The molecule has 0 aromatic carbocycles. The van der Waals surface area contributed by atoms with Crippen LogP contribution in [-0.2, 0) is 6.54 Å². The molecule has 90 valence electrons. The Bertz CT molecular complexity index is 618. The first-order chi connectivity index (χ1) is 8.69. The van der Waals surface area contributed by atoms with Crippen LogP contribution in [0.5, 0.6) is 0 Å². The van der Waals surface area contributed by atoms with Crippen molar-refractivity contribution in [2.45, 2.75) is 6.54 Å². The Labute approximate surface area is 116 Å². The van der Waals surface area contributed by atoms with Gasteiger partial charge in [0.15, 0.2) is 0 Å². The first-order valence-electron chi connectivity index (χ1n) is 5.06. The van der Waals surface area contributed by atoms with E-state index < -0.39 is 0 Å². The molecule has 0 aliphatic heterocycles. The average molecular weight is 322 g/mol. The quantitative estimate of drug-likeness (QED) is 0.945. The van der Waals surface area contributed by atoms with E-state index in [0.717, 1.165) is 8.66 Å². The molecule has 2 heterocycles. The number of carbonyl (C=O) groups is 1. The molecule has 2 rings (SSSR count). The van der Waals surface area contributed by atoms with Crippen LogP contribution in [0.25, 0.3) is 0 Å². The molecule has 0 bridgehead atoms. The summed E-state index contributed by atoms with van der Waals surface area (Å²) in [7, 11) is 0. The summed E-state index contributed by atoms with van der Waals surface area (Å²) in [5.74, 6) is -0.232. The van der Waals surface area contributed by atoms with Gasteiger partial charge in [-0.2, -0.15) is 5.26 Å². The van der Waals surface area contributed by atoms with Crippen molar-refractivity contribution in [3.05, 3.63) is 50.4 Å². The number of aromatic nitrogens is 1. The smallest absolute Gasteiger partial charge is 0.253 e. The van der Waals surface area contributed by atoms with E-state index in [1.54, 1.807) is 11.3 Å². The van der Waals surface area contributed by atoms with E-state index in [-0.39, 0.29) is 5.91 Å². The minimum absolute atomic E-state index is 0.232. The van der Waals surface area contributed by atoms with Crippen molar-refractivity contribution in [3.8, 4) is 6.07 Å². The van der Waals surface area contributed by atoms with Crippen LogP contribution in [-0.4, -0.2) is 10.9 Å². The second kappa shape index (κ2) is 5.76. The Hall–Kier alpha value is -1.71. The number of carbonyl (C=O) groups excluding carboxylic acids is 1. The minimum Gasteiger partial charge on any atom is -0.347 e. The lowest BCUT2D eigenvalue weighted by Crippen LogP contribution is -2.22. The first kappa shape index (κ1) is 12.7. The average Bonchev–Trinajstić information content (AvgIpc) is 2.82. The van der Waals surface area contributed by atoms with Gasteiger partial charge in [0.25, 0.3) is 5.91 Å². The van der Waals surface area contributed by atoms with Crippen molar-refractivity contribution < 1.29 is 4.79 Å². The third-order valence-corrected chi connectivity index (χ3v) is 3.81. The number of hydrogen-bond donors (Lipinski definition) is 1. The number of nitriles is 1. The molecule has 0 atom stereocenters. The summed E-state index contributed by atoms with van der Waals surface area (Å²) >= 11 is 4.93. The molecule has 0 fully saturated rings. The Balaban J connectivity index is 2.01. The van der Waals surface area contributed by atoms with Crippen molar-refractivity contribution in [1.82, 2.24) is 10.3 Å². The molecule has 0 radical (unpaired) electrons. The molecule has 0 spiro atoms. The van der Waals surface area contributed by atoms with Gasteiger partial charge < -0.3 is 5.32 Å². The largest absolute Gasteiger partial charge is 0.347 e. The van der Waals surface area contributed by atoms with Crippen LogP contribution in [0.1, 0.15) is 20.8 Å². The van der Waals surface area contributed by atoms with Crippen molar-refractivity contribution in [1.29, 1.82) is 5.26 Å². The van der Waals surface area contributed by atoms with Crippen LogP contribution < -0.4 is 5.32 Å². The van der Waals surface area contributed by atoms with Crippen LogP contribution in [0.3, 0.4) is 0 Å². The molecule has 0 aliphatic rings. The summed E-state index contributed by atoms with van der Waals surface area (Å²) in [6.45, 7) is 0.464. The molecule has 18 heavy (non-hydrogen) atoms. The molecule has 0 aliphatic carbocycles. The van der Waals surface area contributed by atoms with Gasteiger partial charge in [-0.1, -0.05) is 0 Å². The summed E-state index contributed by atoms with van der Waals surface area (Å²) in [6, 6.07) is 7.35. The summed E-state index contributed by atoms with van der Waals surface area (Å²) in [5.41, 5.74) is 0.770. The Kier molecular flexibility index (Phi) is 4.07. The van der Waals surface area contributed by atoms with Gasteiger partial charge in [0.05, 0.1) is 21.5 Å². The van der Waals surface area contributed by atoms with Crippen LogP contribution in [0.2, 0.25) is 0 Å². The number of hydrogen-bond acceptors (Lipinski definition) is 4. The highest BCUT2D eigenvalue weighted by Gasteiger charge is 2.07. The summed E-state index contributed by atoms with van der Waals surface area (Å²) < 4.78 is 1.03. The van der Waals surface area contributed by atoms with Gasteiger partial charge in [0, 0.05) is 17.3 Å². The van der Waals surface area contributed by atoms with E-state index in [1.165, 1.54) is 18.5 Å². The fourth-order valence-electron chi connectivity index (χ4n) is 1.34. The molecule has 1 amide bonds. The number of nitrogens with zero attached hydrogens (tertiary/aromatic N) is 2. The van der Waals surface area contributed by atoms with Crippen LogP contribution in [0, 0.1) is 11.3 Å². The predicted molar refractivity (Wildman–Crippen MR) is 72.1 cm³/mol. The van der Waals surface area contributed by atoms with Gasteiger partial charge in [-0.05, 0) is 34.1 Å². The second-order valence-corrected chi connectivity index (χ2v) is 6.01. The lowest BCUT2D eigenvalue weighted by atomic mass is 10.2. The highest BCUT2D eigenvalue weighted by atomic mass is 79.9. The fraction of sp³-hybridized carbons (Fsp3) is 0.0833. The molecule has 0 saturated carbocycles. The van der Waals surface area contributed by atoms with Crippen molar-refractivity contribution in [2.24, 2.45) is 0 Å². The maximum Gasteiger partial charge on any atom is 0.253 e. The van der Waals surface area contributed by atoms with Crippen LogP contribution >= 0.6 is 27.3 Å². The standard InChI is InChI=1S/C12H8BrN3OS/c13-11-2-1-10(18-11)7-16-12(17)9-3-8(4-14)5-15-6-9/h1-3,5-6H,7H2,(H,16,17). The predicted octanol–water partition coefficient (Wildman–Crippen LogP) is 2.71. The van der Waals surface area contributed by atoms with Crippen molar-refractivity contribution in [3.63, 3.8) is 0 Å². The third-order valence-electron chi connectivity index (χ3n) is 2.18. The highest BCUT2D eigenvalue weighted by molar-refractivity contribution is 9.11. The maximum atomic E-state index is 11.8. The normalized spacial score (nSPS) is 9.78. The van der Waals surface area contributed by atoms with E-state index in [1.807, 2.05) is 18.2 Å². The molecular formula is C12H8BrN3OS. The Morgan fingerprint density at radius 2 is 2.33 bits per heavy atom. The molecular weight excluding hydrogens is 314 g/mol. The van der Waals surface area contributed by atoms with Crippen molar-refractivity contribution in [2.75, 3.05) is 0 Å². The van der Waals surface area contributed by atoms with E-state index in [0.29, 0.717) is 17.7 Å². The number of nitrogens with one attached hydrogen (secondary N) is 1. The maximum absolute atomic E-state index is 11.8. The number of rotatable bonds is 3. The van der Waals surface area contributed by atoms with Gasteiger partial charge >= 0.3 is 0 Å². The lowest BCUT2D eigenvalue weighted by molar-refractivity contribution is 0.0951. The SMILES string of the molecule is N#Cc1cncc(C(=O)NCc2ccc(Br)s2)c1.